The molecule has 106 valence electrons. The van der Waals surface area contributed by atoms with Crippen molar-refractivity contribution in [2.45, 2.75) is 78.0 Å². The first kappa shape index (κ1) is 14.3. The average Bonchev–Trinajstić information content (AvgIpc) is 2.89. The van der Waals surface area contributed by atoms with E-state index in [1.807, 2.05) is 0 Å². The van der Waals surface area contributed by atoms with Crippen LogP contribution >= 0.6 is 0 Å². The van der Waals surface area contributed by atoms with E-state index in [0.29, 0.717) is 30.1 Å². The molecule has 18 heavy (non-hydrogen) atoms. The topological polar surface area (TPSA) is 21.3 Å². The normalized spacial score (nSPS) is 39.3. The number of hydrogen-bond acceptors (Lipinski definition) is 2. The van der Waals surface area contributed by atoms with Gasteiger partial charge in [-0.05, 0) is 38.6 Å². The summed E-state index contributed by atoms with van der Waals surface area (Å²) in [6, 6.07) is 0.660. The number of ether oxygens (including phenoxy) is 1. The molecule has 2 heteroatoms. The van der Waals surface area contributed by atoms with E-state index in [9.17, 15) is 0 Å². The third-order valence-corrected chi connectivity index (χ3v) is 5.31. The maximum absolute atomic E-state index is 6.04. The molecule has 0 bridgehead atoms. The van der Waals surface area contributed by atoms with Crippen LogP contribution in [-0.2, 0) is 4.74 Å². The van der Waals surface area contributed by atoms with Crippen molar-refractivity contribution in [3.63, 3.8) is 0 Å². The summed E-state index contributed by atoms with van der Waals surface area (Å²) in [5.74, 6) is 2.34. The number of rotatable bonds is 5. The second kappa shape index (κ2) is 6.38. The van der Waals surface area contributed by atoms with E-state index in [1.165, 1.54) is 32.1 Å². The number of hydrogen-bond donors (Lipinski definition) is 1. The molecule has 1 heterocycles. The fraction of sp³-hybridized carbons (Fsp3) is 1.00. The van der Waals surface area contributed by atoms with Crippen molar-refractivity contribution in [2.75, 3.05) is 6.54 Å². The van der Waals surface area contributed by atoms with Crippen LogP contribution in [0.4, 0.5) is 0 Å². The van der Waals surface area contributed by atoms with Crippen LogP contribution in [0, 0.1) is 17.8 Å². The molecule has 0 aromatic rings. The molecule has 0 radical (unpaired) electrons. The Morgan fingerprint density at radius 2 is 1.78 bits per heavy atom. The van der Waals surface area contributed by atoms with E-state index in [4.69, 9.17) is 4.74 Å². The zero-order valence-corrected chi connectivity index (χ0v) is 12.6. The van der Waals surface area contributed by atoms with Crippen LogP contribution in [0.5, 0.6) is 0 Å². The van der Waals surface area contributed by atoms with E-state index in [-0.39, 0.29) is 0 Å². The SMILES string of the molecule is CCNC(CC1CCCC1)C1C(C)OC(C)C1C. The van der Waals surface area contributed by atoms with Crippen LogP contribution in [0.1, 0.15) is 59.8 Å². The summed E-state index contributed by atoms with van der Waals surface area (Å²) in [6.07, 6.45) is 8.01. The molecule has 2 fully saturated rings. The smallest absolute Gasteiger partial charge is 0.0597 e. The third kappa shape index (κ3) is 3.08. The van der Waals surface area contributed by atoms with E-state index >= 15 is 0 Å². The molecule has 1 saturated heterocycles. The van der Waals surface area contributed by atoms with Gasteiger partial charge in [0.2, 0.25) is 0 Å². The maximum atomic E-state index is 6.04. The molecule has 0 aromatic carbocycles. The Morgan fingerprint density at radius 1 is 1.11 bits per heavy atom. The molecular formula is C16H31NO. The van der Waals surface area contributed by atoms with Gasteiger partial charge in [-0.2, -0.15) is 0 Å². The van der Waals surface area contributed by atoms with E-state index in [1.54, 1.807) is 0 Å². The molecule has 5 unspecified atom stereocenters. The fourth-order valence-electron chi connectivity index (χ4n) is 4.23. The lowest BCUT2D eigenvalue weighted by molar-refractivity contribution is 0.0465. The lowest BCUT2D eigenvalue weighted by Gasteiger charge is -2.31. The van der Waals surface area contributed by atoms with Crippen LogP contribution in [0.2, 0.25) is 0 Å². The molecule has 0 aromatic heterocycles. The van der Waals surface area contributed by atoms with Gasteiger partial charge in [-0.15, -0.1) is 0 Å². The van der Waals surface area contributed by atoms with E-state index in [0.717, 1.165) is 12.5 Å². The van der Waals surface area contributed by atoms with Gasteiger partial charge in [-0.3, -0.25) is 0 Å². The highest BCUT2D eigenvalue weighted by molar-refractivity contribution is 4.93. The lowest BCUT2D eigenvalue weighted by atomic mass is 9.79. The van der Waals surface area contributed by atoms with Crippen LogP contribution in [0.15, 0.2) is 0 Å². The molecule has 0 spiro atoms. The lowest BCUT2D eigenvalue weighted by Crippen LogP contribution is -2.42. The summed E-state index contributed by atoms with van der Waals surface area (Å²) in [7, 11) is 0. The third-order valence-electron chi connectivity index (χ3n) is 5.31. The Bertz CT molecular complexity index is 249. The first-order chi connectivity index (χ1) is 8.63. The molecule has 2 nitrogen and oxygen atoms in total. The molecule has 0 amide bonds. The van der Waals surface area contributed by atoms with Crippen molar-refractivity contribution in [2.24, 2.45) is 17.8 Å². The summed E-state index contributed by atoms with van der Waals surface area (Å²) in [5.41, 5.74) is 0. The number of nitrogens with one attached hydrogen (secondary N) is 1. The van der Waals surface area contributed by atoms with Gasteiger partial charge in [0.05, 0.1) is 12.2 Å². The molecule has 5 atom stereocenters. The van der Waals surface area contributed by atoms with E-state index < -0.39 is 0 Å². The Labute approximate surface area is 113 Å². The minimum absolute atomic E-state index is 0.417. The molecule has 2 aliphatic rings. The first-order valence-electron chi connectivity index (χ1n) is 8.02. The van der Waals surface area contributed by atoms with Crippen molar-refractivity contribution in [1.29, 1.82) is 0 Å². The second-order valence-corrected chi connectivity index (χ2v) is 6.53. The average molecular weight is 253 g/mol. The molecule has 1 aliphatic heterocycles. The Balaban J connectivity index is 1.99. The predicted octanol–water partition coefficient (Wildman–Crippen LogP) is 3.60. The standard InChI is InChI=1S/C16H31NO/c1-5-17-15(10-14-8-6-7-9-14)16-11(2)12(3)18-13(16)4/h11-17H,5-10H2,1-4H3. The van der Waals surface area contributed by atoms with Gasteiger partial charge in [0.25, 0.3) is 0 Å². The summed E-state index contributed by atoms with van der Waals surface area (Å²) >= 11 is 0. The predicted molar refractivity (Wildman–Crippen MR) is 76.7 cm³/mol. The summed E-state index contributed by atoms with van der Waals surface area (Å²) < 4.78 is 6.04. The minimum Gasteiger partial charge on any atom is -0.375 e. The molecule has 2 rings (SSSR count). The van der Waals surface area contributed by atoms with Gasteiger partial charge in [0.15, 0.2) is 0 Å². The molecule has 1 N–H and O–H groups in total. The molecule has 1 saturated carbocycles. The van der Waals surface area contributed by atoms with Gasteiger partial charge >= 0.3 is 0 Å². The molecule has 1 aliphatic carbocycles. The van der Waals surface area contributed by atoms with Gasteiger partial charge in [0.1, 0.15) is 0 Å². The largest absolute Gasteiger partial charge is 0.375 e. The van der Waals surface area contributed by atoms with Crippen molar-refractivity contribution < 1.29 is 4.74 Å². The van der Waals surface area contributed by atoms with Gasteiger partial charge in [-0.1, -0.05) is 39.5 Å². The summed E-state index contributed by atoms with van der Waals surface area (Å²) in [6.45, 7) is 10.2. The van der Waals surface area contributed by atoms with E-state index in [2.05, 4.69) is 33.0 Å². The Kier molecular flexibility index (Phi) is 5.08. The van der Waals surface area contributed by atoms with Crippen molar-refractivity contribution in [3.8, 4) is 0 Å². The van der Waals surface area contributed by atoms with Crippen LogP contribution in [0.25, 0.3) is 0 Å². The monoisotopic (exact) mass is 253 g/mol. The minimum atomic E-state index is 0.417. The zero-order valence-electron chi connectivity index (χ0n) is 12.6. The highest BCUT2D eigenvalue weighted by atomic mass is 16.5. The van der Waals surface area contributed by atoms with Crippen molar-refractivity contribution in [1.82, 2.24) is 5.32 Å². The maximum Gasteiger partial charge on any atom is 0.0597 e. The summed E-state index contributed by atoms with van der Waals surface area (Å²) in [5, 5.41) is 3.75. The van der Waals surface area contributed by atoms with Crippen LogP contribution in [-0.4, -0.2) is 24.8 Å². The van der Waals surface area contributed by atoms with Gasteiger partial charge < -0.3 is 10.1 Å². The fourth-order valence-corrected chi connectivity index (χ4v) is 4.23. The van der Waals surface area contributed by atoms with Crippen molar-refractivity contribution in [3.05, 3.63) is 0 Å². The Hall–Kier alpha value is -0.0800. The highest BCUT2D eigenvalue weighted by Gasteiger charge is 2.41. The first-order valence-corrected chi connectivity index (χ1v) is 8.02. The van der Waals surface area contributed by atoms with Crippen LogP contribution in [0.3, 0.4) is 0 Å². The Morgan fingerprint density at radius 3 is 2.28 bits per heavy atom. The zero-order chi connectivity index (χ0) is 13.1. The van der Waals surface area contributed by atoms with Gasteiger partial charge in [0, 0.05) is 12.0 Å². The highest BCUT2D eigenvalue weighted by Crippen LogP contribution is 2.38. The second-order valence-electron chi connectivity index (χ2n) is 6.53. The van der Waals surface area contributed by atoms with Crippen molar-refractivity contribution >= 4 is 0 Å². The summed E-state index contributed by atoms with van der Waals surface area (Å²) in [4.78, 5) is 0. The van der Waals surface area contributed by atoms with Gasteiger partial charge in [-0.25, -0.2) is 0 Å². The van der Waals surface area contributed by atoms with Crippen LogP contribution < -0.4 is 5.32 Å². The quantitative estimate of drug-likeness (QED) is 0.808. The molecular weight excluding hydrogens is 222 g/mol.